The summed E-state index contributed by atoms with van der Waals surface area (Å²) in [6.07, 6.45) is 1.39. The molecule has 0 saturated carbocycles. The maximum absolute atomic E-state index is 12.3. The zero-order valence-electron chi connectivity index (χ0n) is 12.3. The molecule has 0 aliphatic rings. The lowest BCUT2D eigenvalue weighted by molar-refractivity contribution is -0.122. The fourth-order valence-electron chi connectivity index (χ4n) is 1.78. The Morgan fingerprint density at radius 1 is 1.40 bits per heavy atom. The third kappa shape index (κ3) is 4.22. The van der Waals surface area contributed by atoms with Crippen molar-refractivity contribution in [3.8, 4) is 0 Å². The number of pyridine rings is 1. The number of aryl methyl sites for hydroxylation is 1. The van der Waals surface area contributed by atoms with Gasteiger partial charge >= 0.3 is 0 Å². The van der Waals surface area contributed by atoms with Gasteiger partial charge in [-0.15, -0.1) is 0 Å². The fraction of sp³-hybridized carbons (Fsp3) is 0.500. The number of likely N-dealkylation sites (N-methyl/N-ethyl adjacent to an activating group) is 1. The maximum Gasteiger partial charge on any atom is 0.259 e. The van der Waals surface area contributed by atoms with E-state index in [-0.39, 0.29) is 29.5 Å². The number of nitrogens with one attached hydrogen (secondary N) is 2. The summed E-state index contributed by atoms with van der Waals surface area (Å²) in [6.45, 7) is 7.51. The highest BCUT2D eigenvalue weighted by atomic mass is 16.2. The minimum Gasteiger partial charge on any atom is -0.364 e. The summed E-state index contributed by atoms with van der Waals surface area (Å²) in [4.78, 5) is 39.9. The summed E-state index contributed by atoms with van der Waals surface area (Å²) in [5.41, 5.74) is 0.399. The van der Waals surface area contributed by atoms with Crippen molar-refractivity contribution in [1.82, 2.24) is 15.2 Å². The SMILES string of the molecule is CCN(CC(=O)NC(C)C)C(=O)c1c[nH]c(C)cc1=O. The number of hydrogen-bond acceptors (Lipinski definition) is 3. The number of hydrogen-bond donors (Lipinski definition) is 2. The van der Waals surface area contributed by atoms with Crippen LogP contribution in [-0.4, -0.2) is 40.8 Å². The number of H-pyrrole nitrogens is 1. The van der Waals surface area contributed by atoms with Crippen molar-refractivity contribution >= 4 is 11.8 Å². The van der Waals surface area contributed by atoms with Gasteiger partial charge in [0.05, 0.1) is 6.54 Å². The van der Waals surface area contributed by atoms with Gasteiger partial charge in [-0.2, -0.15) is 0 Å². The molecule has 1 rings (SSSR count). The van der Waals surface area contributed by atoms with E-state index in [0.717, 1.165) is 0 Å². The minimum atomic E-state index is -0.437. The normalized spacial score (nSPS) is 10.4. The molecular weight excluding hydrogens is 258 g/mol. The first-order chi connectivity index (χ1) is 9.35. The Kier molecular flexibility index (Phi) is 5.49. The van der Waals surface area contributed by atoms with Crippen molar-refractivity contribution in [1.29, 1.82) is 0 Å². The first kappa shape index (κ1) is 15.9. The Balaban J connectivity index is 2.87. The number of carbonyl (C=O) groups excluding carboxylic acids is 2. The Labute approximate surface area is 118 Å². The minimum absolute atomic E-state index is 0.0130. The molecule has 0 aliphatic heterocycles. The van der Waals surface area contributed by atoms with Crippen LogP contribution >= 0.6 is 0 Å². The molecular formula is C14H21N3O3. The molecule has 1 heterocycles. The third-order valence-electron chi connectivity index (χ3n) is 2.74. The Morgan fingerprint density at radius 2 is 2.05 bits per heavy atom. The molecule has 0 aliphatic carbocycles. The highest BCUT2D eigenvalue weighted by Crippen LogP contribution is 2.00. The molecule has 0 bridgehead atoms. The molecule has 0 radical (unpaired) electrons. The van der Waals surface area contributed by atoms with E-state index < -0.39 is 5.91 Å². The largest absolute Gasteiger partial charge is 0.364 e. The fourth-order valence-corrected chi connectivity index (χ4v) is 1.78. The highest BCUT2D eigenvalue weighted by molar-refractivity contribution is 5.96. The maximum atomic E-state index is 12.3. The van der Waals surface area contributed by atoms with Gasteiger partial charge in [0.2, 0.25) is 5.91 Å². The molecule has 0 saturated heterocycles. The lowest BCUT2D eigenvalue weighted by Gasteiger charge is -2.20. The molecule has 1 aromatic rings. The van der Waals surface area contributed by atoms with Crippen molar-refractivity contribution in [3.63, 3.8) is 0 Å². The van der Waals surface area contributed by atoms with Crippen LogP contribution in [0.2, 0.25) is 0 Å². The van der Waals surface area contributed by atoms with Crippen LogP contribution < -0.4 is 10.7 Å². The van der Waals surface area contributed by atoms with Crippen LogP contribution in [0.25, 0.3) is 0 Å². The van der Waals surface area contributed by atoms with E-state index in [0.29, 0.717) is 12.2 Å². The molecule has 2 N–H and O–H groups in total. The number of aromatic nitrogens is 1. The average molecular weight is 279 g/mol. The standard InChI is InChI=1S/C14H21N3O3/c1-5-17(8-13(19)16-9(2)3)14(20)11-7-15-10(4)6-12(11)18/h6-7,9H,5,8H2,1-4H3,(H,15,18)(H,16,19). The summed E-state index contributed by atoms with van der Waals surface area (Å²) >= 11 is 0. The molecule has 6 heteroatoms. The van der Waals surface area contributed by atoms with Gasteiger partial charge in [0.1, 0.15) is 5.56 Å². The number of rotatable bonds is 5. The van der Waals surface area contributed by atoms with Gasteiger partial charge in [-0.25, -0.2) is 0 Å². The summed E-state index contributed by atoms with van der Waals surface area (Å²) in [7, 11) is 0. The molecule has 0 aromatic carbocycles. The zero-order chi connectivity index (χ0) is 15.3. The topological polar surface area (TPSA) is 82.3 Å². The van der Waals surface area contributed by atoms with E-state index in [1.807, 2.05) is 13.8 Å². The number of amides is 2. The van der Waals surface area contributed by atoms with E-state index in [1.165, 1.54) is 17.2 Å². The lowest BCUT2D eigenvalue weighted by atomic mass is 10.2. The number of aromatic amines is 1. The van der Waals surface area contributed by atoms with Gasteiger partial charge in [0.25, 0.3) is 5.91 Å². The van der Waals surface area contributed by atoms with E-state index in [2.05, 4.69) is 10.3 Å². The van der Waals surface area contributed by atoms with Crippen molar-refractivity contribution in [2.45, 2.75) is 33.7 Å². The Morgan fingerprint density at radius 3 is 2.55 bits per heavy atom. The number of carbonyl (C=O) groups is 2. The molecule has 0 atom stereocenters. The summed E-state index contributed by atoms with van der Waals surface area (Å²) in [5, 5.41) is 2.72. The van der Waals surface area contributed by atoms with Gasteiger partial charge < -0.3 is 15.2 Å². The second-order valence-corrected chi connectivity index (χ2v) is 4.94. The van der Waals surface area contributed by atoms with Crippen LogP contribution in [0, 0.1) is 6.92 Å². The van der Waals surface area contributed by atoms with E-state index in [1.54, 1.807) is 13.8 Å². The quantitative estimate of drug-likeness (QED) is 0.831. The molecule has 20 heavy (non-hydrogen) atoms. The zero-order valence-corrected chi connectivity index (χ0v) is 12.3. The van der Waals surface area contributed by atoms with Gasteiger partial charge in [-0.05, 0) is 27.7 Å². The smallest absolute Gasteiger partial charge is 0.259 e. The first-order valence-corrected chi connectivity index (χ1v) is 6.63. The van der Waals surface area contributed by atoms with Crippen molar-refractivity contribution in [2.24, 2.45) is 0 Å². The second kappa shape index (κ2) is 6.88. The third-order valence-corrected chi connectivity index (χ3v) is 2.74. The Hall–Kier alpha value is -2.11. The summed E-state index contributed by atoms with van der Waals surface area (Å²) in [6, 6.07) is 1.38. The van der Waals surface area contributed by atoms with Gasteiger partial charge in [-0.3, -0.25) is 14.4 Å². The van der Waals surface area contributed by atoms with Crippen LogP contribution in [0.15, 0.2) is 17.1 Å². The highest BCUT2D eigenvalue weighted by Gasteiger charge is 2.20. The predicted molar refractivity (Wildman–Crippen MR) is 76.7 cm³/mol. The molecule has 6 nitrogen and oxygen atoms in total. The van der Waals surface area contributed by atoms with E-state index >= 15 is 0 Å². The Bertz CT molecular complexity index is 549. The van der Waals surface area contributed by atoms with Crippen LogP contribution in [0.3, 0.4) is 0 Å². The average Bonchev–Trinajstić information content (AvgIpc) is 2.34. The summed E-state index contributed by atoms with van der Waals surface area (Å²) < 4.78 is 0. The molecule has 0 fully saturated rings. The van der Waals surface area contributed by atoms with Gasteiger partial charge in [0, 0.05) is 30.5 Å². The van der Waals surface area contributed by atoms with E-state index in [9.17, 15) is 14.4 Å². The van der Waals surface area contributed by atoms with Gasteiger partial charge in [-0.1, -0.05) is 0 Å². The van der Waals surface area contributed by atoms with Crippen molar-refractivity contribution < 1.29 is 9.59 Å². The molecule has 2 amide bonds. The predicted octanol–water partition coefficient (Wildman–Crippen LogP) is 0.670. The van der Waals surface area contributed by atoms with Gasteiger partial charge in [0.15, 0.2) is 5.43 Å². The molecule has 0 spiro atoms. The van der Waals surface area contributed by atoms with Crippen LogP contribution in [-0.2, 0) is 4.79 Å². The second-order valence-electron chi connectivity index (χ2n) is 4.94. The first-order valence-electron chi connectivity index (χ1n) is 6.63. The summed E-state index contributed by atoms with van der Waals surface area (Å²) in [5.74, 6) is -0.675. The van der Waals surface area contributed by atoms with Crippen LogP contribution in [0.1, 0.15) is 36.8 Å². The van der Waals surface area contributed by atoms with Crippen LogP contribution in [0.5, 0.6) is 0 Å². The monoisotopic (exact) mass is 279 g/mol. The molecule has 110 valence electrons. The van der Waals surface area contributed by atoms with Crippen molar-refractivity contribution in [3.05, 3.63) is 33.7 Å². The van der Waals surface area contributed by atoms with Crippen molar-refractivity contribution in [2.75, 3.05) is 13.1 Å². The molecule has 0 unspecified atom stereocenters. The van der Waals surface area contributed by atoms with E-state index in [4.69, 9.17) is 0 Å². The number of nitrogens with zero attached hydrogens (tertiary/aromatic N) is 1. The van der Waals surface area contributed by atoms with Crippen LogP contribution in [0.4, 0.5) is 0 Å². The lowest BCUT2D eigenvalue weighted by Crippen LogP contribution is -2.43. The molecule has 1 aromatic heterocycles.